The van der Waals surface area contributed by atoms with Gasteiger partial charge in [0.15, 0.2) is 5.78 Å². The molecule has 0 amide bonds. The number of Topliss-reactive ketones (excluding diaryl/α,β-unsaturated/α-hetero) is 1. The molecular formula is C19H24ClN6O3-. The molecule has 156 valence electrons. The lowest BCUT2D eigenvalue weighted by Crippen LogP contribution is -3.00. The van der Waals surface area contributed by atoms with Crippen molar-refractivity contribution in [1.82, 2.24) is 15.0 Å². The zero-order chi connectivity index (χ0) is 19.3. The van der Waals surface area contributed by atoms with E-state index in [4.69, 9.17) is 14.5 Å². The molecule has 0 atom stereocenters. The van der Waals surface area contributed by atoms with Gasteiger partial charge in [-0.3, -0.25) is 4.79 Å². The first-order valence-corrected chi connectivity index (χ1v) is 9.48. The van der Waals surface area contributed by atoms with Gasteiger partial charge < -0.3 is 37.0 Å². The molecular weight excluding hydrogens is 396 g/mol. The van der Waals surface area contributed by atoms with Crippen molar-refractivity contribution < 1.29 is 26.7 Å². The molecule has 29 heavy (non-hydrogen) atoms. The lowest BCUT2D eigenvalue weighted by atomic mass is 10.1. The molecule has 10 heteroatoms. The third-order valence-corrected chi connectivity index (χ3v) is 4.72. The summed E-state index contributed by atoms with van der Waals surface area (Å²) in [5, 5.41) is 3.23. The van der Waals surface area contributed by atoms with E-state index in [2.05, 4.69) is 25.1 Å². The maximum atomic E-state index is 11.7. The van der Waals surface area contributed by atoms with Crippen molar-refractivity contribution in [2.24, 2.45) is 0 Å². The second-order valence-corrected chi connectivity index (χ2v) is 6.72. The van der Waals surface area contributed by atoms with Gasteiger partial charge in [-0.2, -0.15) is 15.0 Å². The number of morpholine rings is 2. The van der Waals surface area contributed by atoms with Gasteiger partial charge in [0.25, 0.3) is 0 Å². The second-order valence-electron chi connectivity index (χ2n) is 6.72. The molecule has 9 nitrogen and oxygen atoms in total. The Morgan fingerprint density at radius 1 is 0.931 bits per heavy atom. The summed E-state index contributed by atoms with van der Waals surface area (Å²) in [7, 11) is 0. The van der Waals surface area contributed by atoms with Crippen molar-refractivity contribution in [3.63, 3.8) is 0 Å². The topological polar surface area (TPSA) is 92.7 Å². The summed E-state index contributed by atoms with van der Waals surface area (Å²) in [5.41, 5.74) is 1.40. The second kappa shape index (κ2) is 9.82. The van der Waals surface area contributed by atoms with E-state index in [0.29, 0.717) is 49.8 Å². The van der Waals surface area contributed by atoms with Gasteiger partial charge in [-0.1, -0.05) is 12.1 Å². The lowest BCUT2D eigenvalue weighted by Gasteiger charge is -2.30. The van der Waals surface area contributed by atoms with Crippen molar-refractivity contribution in [3.8, 4) is 0 Å². The summed E-state index contributed by atoms with van der Waals surface area (Å²) >= 11 is 0. The minimum Gasteiger partial charge on any atom is -1.00 e. The van der Waals surface area contributed by atoms with Crippen LogP contribution in [0, 0.1) is 0 Å². The highest BCUT2D eigenvalue weighted by molar-refractivity contribution is 5.95. The Bertz CT molecular complexity index is 804. The fourth-order valence-electron chi connectivity index (χ4n) is 3.16. The number of aromatic nitrogens is 3. The summed E-state index contributed by atoms with van der Waals surface area (Å²) < 4.78 is 10.9. The minimum atomic E-state index is 0. The van der Waals surface area contributed by atoms with Crippen LogP contribution < -0.4 is 27.5 Å². The smallest absolute Gasteiger partial charge is 0.233 e. The number of nitrogens with zero attached hydrogens (tertiary/aromatic N) is 5. The molecule has 0 spiro atoms. The number of hydrogen-bond acceptors (Lipinski definition) is 9. The van der Waals surface area contributed by atoms with E-state index in [9.17, 15) is 4.79 Å². The Morgan fingerprint density at radius 2 is 1.48 bits per heavy atom. The van der Waals surface area contributed by atoms with Gasteiger partial charge in [-0.25, -0.2) is 0 Å². The number of carbonyl (C=O) groups is 1. The van der Waals surface area contributed by atoms with Crippen LogP contribution >= 0.6 is 0 Å². The van der Waals surface area contributed by atoms with Crippen LogP contribution in [-0.4, -0.2) is 73.3 Å². The first-order valence-electron chi connectivity index (χ1n) is 9.48. The fourth-order valence-corrected chi connectivity index (χ4v) is 3.16. The molecule has 0 saturated carbocycles. The van der Waals surface area contributed by atoms with E-state index in [-0.39, 0.29) is 18.2 Å². The predicted octanol–water partition coefficient (Wildman–Crippen LogP) is -1.50. The first-order chi connectivity index (χ1) is 13.7. The molecule has 4 rings (SSSR count). The molecule has 2 aliphatic heterocycles. The monoisotopic (exact) mass is 419 g/mol. The van der Waals surface area contributed by atoms with Gasteiger partial charge in [0.2, 0.25) is 17.8 Å². The average molecular weight is 420 g/mol. The van der Waals surface area contributed by atoms with Crippen molar-refractivity contribution in [3.05, 3.63) is 29.8 Å². The normalized spacial score (nSPS) is 16.9. The minimum absolute atomic E-state index is 0. The van der Waals surface area contributed by atoms with Crippen LogP contribution in [0.15, 0.2) is 24.3 Å². The number of ketones is 1. The van der Waals surface area contributed by atoms with Gasteiger partial charge in [-0.05, 0) is 19.1 Å². The number of rotatable bonds is 5. The zero-order valence-electron chi connectivity index (χ0n) is 16.3. The predicted molar refractivity (Wildman–Crippen MR) is 106 cm³/mol. The molecule has 2 aromatic rings. The molecule has 2 saturated heterocycles. The van der Waals surface area contributed by atoms with Gasteiger partial charge >= 0.3 is 0 Å². The number of carbonyl (C=O) groups excluding carboxylic acids is 1. The van der Waals surface area contributed by atoms with Crippen molar-refractivity contribution in [2.75, 3.05) is 67.7 Å². The van der Waals surface area contributed by atoms with Crippen LogP contribution in [0.25, 0.3) is 0 Å². The van der Waals surface area contributed by atoms with Gasteiger partial charge in [0.05, 0.1) is 26.4 Å². The fraction of sp³-hybridized carbons (Fsp3) is 0.474. The Morgan fingerprint density at radius 3 is 2.00 bits per heavy atom. The molecule has 1 aromatic heterocycles. The largest absolute Gasteiger partial charge is 1.00 e. The van der Waals surface area contributed by atoms with E-state index in [0.717, 1.165) is 31.9 Å². The van der Waals surface area contributed by atoms with Crippen molar-refractivity contribution in [1.29, 1.82) is 0 Å². The van der Waals surface area contributed by atoms with Crippen LogP contribution in [0.3, 0.4) is 0 Å². The third kappa shape index (κ3) is 5.31. The van der Waals surface area contributed by atoms with Crippen molar-refractivity contribution >= 4 is 29.3 Å². The summed E-state index contributed by atoms with van der Waals surface area (Å²) in [5.74, 6) is 1.73. The summed E-state index contributed by atoms with van der Waals surface area (Å²) in [6.45, 7) is 7.14. The number of ether oxygens (including phenoxy) is 2. The molecule has 1 N–H and O–H groups in total. The maximum Gasteiger partial charge on any atom is 0.233 e. The lowest BCUT2D eigenvalue weighted by molar-refractivity contribution is -0.0000153. The third-order valence-electron chi connectivity index (χ3n) is 4.72. The number of halogens is 1. The van der Waals surface area contributed by atoms with Crippen LogP contribution in [-0.2, 0) is 9.47 Å². The molecule has 0 radical (unpaired) electrons. The number of nitrogens with one attached hydrogen (secondary N) is 1. The average Bonchev–Trinajstić information content (AvgIpc) is 2.75. The molecule has 2 fully saturated rings. The molecule has 2 aliphatic rings. The number of anilines is 4. The van der Waals surface area contributed by atoms with E-state index >= 15 is 0 Å². The Kier molecular flexibility index (Phi) is 7.18. The van der Waals surface area contributed by atoms with E-state index in [1.165, 1.54) is 0 Å². The van der Waals surface area contributed by atoms with Crippen LogP contribution in [0.5, 0.6) is 0 Å². The van der Waals surface area contributed by atoms with E-state index in [1.807, 2.05) is 12.1 Å². The summed E-state index contributed by atoms with van der Waals surface area (Å²) in [4.78, 5) is 29.8. The Balaban J connectivity index is 0.00000240. The highest BCUT2D eigenvalue weighted by Gasteiger charge is 2.20. The Labute approximate surface area is 175 Å². The SMILES string of the molecule is CC(=O)c1cccc(Nc2nc(N3CCOCC3)nc(N3CCOCC3)n2)c1.[Cl-]. The highest BCUT2D eigenvalue weighted by atomic mass is 35.5. The Hall–Kier alpha value is -2.49. The van der Waals surface area contributed by atoms with E-state index < -0.39 is 0 Å². The molecule has 3 heterocycles. The van der Waals surface area contributed by atoms with Crippen LogP contribution in [0.1, 0.15) is 17.3 Å². The quantitative estimate of drug-likeness (QED) is 0.581. The first kappa shape index (κ1) is 21.2. The molecule has 0 unspecified atom stereocenters. The van der Waals surface area contributed by atoms with Crippen LogP contribution in [0.4, 0.5) is 23.5 Å². The molecule has 0 bridgehead atoms. The molecule has 0 aliphatic carbocycles. The summed E-state index contributed by atoms with van der Waals surface area (Å²) in [6.07, 6.45) is 0. The standard InChI is InChI=1S/C19H24N6O3.ClH/c1-14(26)15-3-2-4-16(13-15)20-17-21-18(24-5-9-27-10-6-24)23-19(22-17)25-7-11-28-12-8-25;/h2-4,13H,5-12H2,1H3,(H,20,21,22,23);1H/p-1. The highest BCUT2D eigenvalue weighted by Crippen LogP contribution is 2.22. The van der Waals surface area contributed by atoms with Crippen LogP contribution in [0.2, 0.25) is 0 Å². The number of hydrogen-bond donors (Lipinski definition) is 1. The van der Waals surface area contributed by atoms with Gasteiger partial charge in [0.1, 0.15) is 0 Å². The maximum absolute atomic E-state index is 11.7. The van der Waals surface area contributed by atoms with Gasteiger partial charge in [0, 0.05) is 37.4 Å². The van der Waals surface area contributed by atoms with E-state index in [1.54, 1.807) is 19.1 Å². The molecule has 1 aromatic carbocycles. The zero-order valence-corrected chi connectivity index (χ0v) is 17.1. The van der Waals surface area contributed by atoms with Crippen molar-refractivity contribution in [2.45, 2.75) is 6.92 Å². The summed E-state index contributed by atoms with van der Waals surface area (Å²) in [6, 6.07) is 7.32. The van der Waals surface area contributed by atoms with Gasteiger partial charge in [-0.15, -0.1) is 0 Å². The number of benzene rings is 1.